The van der Waals surface area contributed by atoms with E-state index in [1.807, 2.05) is 0 Å². The summed E-state index contributed by atoms with van der Waals surface area (Å²) in [5.74, 6) is -12.0. The average Bonchev–Trinajstić information content (AvgIpc) is 2.81. The lowest BCUT2D eigenvalue weighted by Gasteiger charge is -2.06. The van der Waals surface area contributed by atoms with Crippen LogP contribution >= 0.6 is 11.3 Å². The number of hydrogen-bond acceptors (Lipinski definition) is 2. The highest BCUT2D eigenvalue weighted by Gasteiger charge is 2.30. The van der Waals surface area contributed by atoms with Crippen molar-refractivity contribution in [3.05, 3.63) is 56.5 Å². The number of halogens is 5. The lowest BCUT2D eigenvalue weighted by molar-refractivity contribution is 0.102. The van der Waals surface area contributed by atoms with Gasteiger partial charge in [0.25, 0.3) is 0 Å². The third kappa shape index (κ3) is 2.14. The van der Waals surface area contributed by atoms with Gasteiger partial charge in [-0.25, -0.2) is 22.0 Å². The molecule has 0 atom stereocenters. The van der Waals surface area contributed by atoms with Crippen molar-refractivity contribution in [2.24, 2.45) is 0 Å². The van der Waals surface area contributed by atoms with Crippen LogP contribution in [0.25, 0.3) is 0 Å². The first-order chi connectivity index (χ1) is 8.84. The number of benzene rings is 1. The Labute approximate surface area is 108 Å². The number of carbonyl (C=O) groups excluding carboxylic acids is 1. The van der Waals surface area contributed by atoms with Crippen LogP contribution in [0.2, 0.25) is 0 Å². The Morgan fingerprint density at radius 2 is 1.42 bits per heavy atom. The minimum Gasteiger partial charge on any atom is -0.288 e. The fraction of sp³-hybridized carbons (Fsp3) is 0.0833. The van der Waals surface area contributed by atoms with E-state index < -0.39 is 40.4 Å². The highest BCUT2D eigenvalue weighted by atomic mass is 32.1. The molecule has 0 amide bonds. The molecule has 0 N–H and O–H groups in total. The highest BCUT2D eigenvalue weighted by molar-refractivity contribution is 7.10. The van der Waals surface area contributed by atoms with E-state index in [1.165, 1.54) is 11.4 Å². The molecule has 100 valence electrons. The van der Waals surface area contributed by atoms with Crippen LogP contribution in [-0.4, -0.2) is 5.78 Å². The largest absolute Gasteiger partial charge is 0.288 e. The van der Waals surface area contributed by atoms with Gasteiger partial charge < -0.3 is 0 Å². The molecule has 1 aromatic carbocycles. The predicted octanol–water partition coefficient (Wildman–Crippen LogP) is 3.98. The smallest absolute Gasteiger partial charge is 0.200 e. The van der Waals surface area contributed by atoms with Crippen LogP contribution < -0.4 is 0 Å². The summed E-state index contributed by atoms with van der Waals surface area (Å²) in [5, 5.41) is 1.29. The number of carbonyl (C=O) groups is 1. The van der Waals surface area contributed by atoms with Crippen LogP contribution in [0.3, 0.4) is 0 Å². The van der Waals surface area contributed by atoms with Crippen LogP contribution in [-0.2, 0) is 0 Å². The molecule has 1 aromatic heterocycles. The summed E-state index contributed by atoms with van der Waals surface area (Å²) in [6.45, 7) is 1.64. The molecule has 0 aliphatic carbocycles. The SMILES string of the molecule is Cc1cc(C(=O)c2c(F)c(F)c(F)c(F)c2F)cs1. The van der Waals surface area contributed by atoms with E-state index in [2.05, 4.69) is 0 Å². The molecule has 0 unspecified atom stereocenters. The van der Waals surface area contributed by atoms with Crippen molar-refractivity contribution in [1.29, 1.82) is 0 Å². The van der Waals surface area contributed by atoms with E-state index in [4.69, 9.17) is 0 Å². The van der Waals surface area contributed by atoms with Gasteiger partial charge in [0.05, 0.1) is 0 Å². The Morgan fingerprint density at radius 1 is 0.947 bits per heavy atom. The van der Waals surface area contributed by atoms with Gasteiger partial charge >= 0.3 is 0 Å². The molecule has 1 heterocycles. The first kappa shape index (κ1) is 13.7. The summed E-state index contributed by atoms with van der Waals surface area (Å²) >= 11 is 1.12. The molecule has 0 spiro atoms. The summed E-state index contributed by atoms with van der Waals surface area (Å²) < 4.78 is 65.6. The van der Waals surface area contributed by atoms with Gasteiger partial charge in [0.1, 0.15) is 5.56 Å². The number of aryl methyl sites for hydroxylation is 1. The van der Waals surface area contributed by atoms with Crippen molar-refractivity contribution in [3.8, 4) is 0 Å². The maximum atomic E-state index is 13.4. The van der Waals surface area contributed by atoms with E-state index in [0.717, 1.165) is 11.3 Å². The number of rotatable bonds is 2. The lowest BCUT2D eigenvalue weighted by atomic mass is 10.0. The molecule has 1 nitrogen and oxygen atoms in total. The van der Waals surface area contributed by atoms with Crippen molar-refractivity contribution < 1.29 is 26.7 Å². The zero-order valence-electron chi connectivity index (χ0n) is 9.36. The molecule has 0 fully saturated rings. The zero-order chi connectivity index (χ0) is 14.3. The van der Waals surface area contributed by atoms with Crippen LogP contribution in [0.5, 0.6) is 0 Å². The minimum atomic E-state index is -2.28. The van der Waals surface area contributed by atoms with Gasteiger partial charge in [-0.2, -0.15) is 0 Å². The second kappa shape index (κ2) is 4.73. The summed E-state index contributed by atoms with van der Waals surface area (Å²) in [7, 11) is 0. The summed E-state index contributed by atoms with van der Waals surface area (Å²) in [5.41, 5.74) is -1.56. The topological polar surface area (TPSA) is 17.1 Å². The molecule has 0 aliphatic heterocycles. The molecule has 0 bridgehead atoms. The molecule has 19 heavy (non-hydrogen) atoms. The number of hydrogen-bond donors (Lipinski definition) is 0. The first-order valence-corrected chi connectivity index (χ1v) is 5.83. The van der Waals surface area contributed by atoms with Crippen LogP contribution in [0.15, 0.2) is 11.4 Å². The van der Waals surface area contributed by atoms with Gasteiger partial charge in [-0.15, -0.1) is 11.3 Å². The second-order valence-electron chi connectivity index (χ2n) is 3.72. The normalized spacial score (nSPS) is 10.8. The first-order valence-electron chi connectivity index (χ1n) is 4.95. The minimum absolute atomic E-state index is 0.120. The second-order valence-corrected chi connectivity index (χ2v) is 4.84. The van der Waals surface area contributed by atoms with Crippen LogP contribution in [0.1, 0.15) is 20.8 Å². The Bertz CT molecular complexity index is 648. The fourth-order valence-corrected chi connectivity index (χ4v) is 2.19. The maximum Gasteiger partial charge on any atom is 0.200 e. The Balaban J connectivity index is 2.66. The molecule has 7 heteroatoms. The summed E-state index contributed by atoms with van der Waals surface area (Å²) in [6, 6.07) is 1.31. The molecule has 0 radical (unpaired) electrons. The van der Waals surface area contributed by atoms with Crippen molar-refractivity contribution in [2.45, 2.75) is 6.92 Å². The molecular weight excluding hydrogens is 287 g/mol. The molecule has 0 aliphatic rings. The van der Waals surface area contributed by atoms with Crippen LogP contribution in [0, 0.1) is 36.0 Å². The fourth-order valence-electron chi connectivity index (χ4n) is 1.51. The van der Waals surface area contributed by atoms with Crippen molar-refractivity contribution in [1.82, 2.24) is 0 Å². The van der Waals surface area contributed by atoms with Gasteiger partial charge in [-0.1, -0.05) is 0 Å². The quantitative estimate of drug-likeness (QED) is 0.354. The van der Waals surface area contributed by atoms with E-state index in [0.29, 0.717) is 4.88 Å². The van der Waals surface area contributed by atoms with Gasteiger partial charge in [0.15, 0.2) is 29.1 Å². The molecule has 0 saturated heterocycles. The standard InChI is InChI=1S/C12H5F5OS/c1-4-2-5(3-19-4)12(18)6-7(13)9(15)11(17)10(16)8(6)14/h2-3H,1H3. The summed E-state index contributed by atoms with van der Waals surface area (Å²) in [6.07, 6.45) is 0. The highest BCUT2D eigenvalue weighted by Crippen LogP contribution is 2.26. The third-order valence-corrected chi connectivity index (χ3v) is 3.29. The predicted molar refractivity (Wildman–Crippen MR) is 58.7 cm³/mol. The maximum absolute atomic E-state index is 13.4. The Kier molecular flexibility index (Phi) is 3.40. The summed E-state index contributed by atoms with van der Waals surface area (Å²) in [4.78, 5) is 12.5. The van der Waals surface area contributed by atoms with Gasteiger partial charge in [-0.3, -0.25) is 4.79 Å². The van der Waals surface area contributed by atoms with Crippen molar-refractivity contribution in [3.63, 3.8) is 0 Å². The zero-order valence-corrected chi connectivity index (χ0v) is 10.2. The monoisotopic (exact) mass is 292 g/mol. The van der Waals surface area contributed by atoms with Gasteiger partial charge in [0, 0.05) is 15.8 Å². The van der Waals surface area contributed by atoms with Crippen molar-refractivity contribution in [2.75, 3.05) is 0 Å². The van der Waals surface area contributed by atoms with Crippen LogP contribution in [0.4, 0.5) is 22.0 Å². The lowest BCUT2D eigenvalue weighted by Crippen LogP contribution is -2.13. The molecule has 2 aromatic rings. The average molecular weight is 292 g/mol. The third-order valence-electron chi connectivity index (χ3n) is 2.43. The van der Waals surface area contributed by atoms with E-state index in [1.54, 1.807) is 6.92 Å². The Morgan fingerprint density at radius 3 is 1.84 bits per heavy atom. The van der Waals surface area contributed by atoms with E-state index >= 15 is 0 Å². The van der Waals surface area contributed by atoms with Gasteiger partial charge in [-0.05, 0) is 13.0 Å². The number of thiophene rings is 1. The molecule has 0 saturated carbocycles. The van der Waals surface area contributed by atoms with E-state index in [9.17, 15) is 26.7 Å². The molecule has 2 rings (SSSR count). The Hall–Kier alpha value is -1.76. The number of ketones is 1. The van der Waals surface area contributed by atoms with Gasteiger partial charge in [0.2, 0.25) is 5.82 Å². The molecular formula is C12H5F5OS. The van der Waals surface area contributed by atoms with Crippen molar-refractivity contribution >= 4 is 17.1 Å². The van der Waals surface area contributed by atoms with E-state index in [-0.39, 0.29) is 5.56 Å².